The summed E-state index contributed by atoms with van der Waals surface area (Å²) in [6, 6.07) is 7.04. The molecule has 0 bridgehead atoms. The highest BCUT2D eigenvalue weighted by Gasteiger charge is 2.23. The minimum atomic E-state index is -0.273. The van der Waals surface area contributed by atoms with Gasteiger partial charge < -0.3 is 9.64 Å². The van der Waals surface area contributed by atoms with Crippen molar-refractivity contribution in [2.24, 2.45) is 0 Å². The summed E-state index contributed by atoms with van der Waals surface area (Å²) in [6.07, 6.45) is 0. The summed E-state index contributed by atoms with van der Waals surface area (Å²) in [4.78, 5) is 14.8. The number of thioether (sulfide) groups is 1. The van der Waals surface area contributed by atoms with Crippen molar-refractivity contribution in [3.05, 3.63) is 34.9 Å². The van der Waals surface area contributed by atoms with E-state index in [1.165, 1.54) is 11.8 Å². The van der Waals surface area contributed by atoms with Crippen molar-refractivity contribution in [2.45, 2.75) is 30.8 Å². The molecule has 1 fully saturated rings. The molecule has 1 aliphatic heterocycles. The Morgan fingerprint density at radius 2 is 2.12 bits per heavy atom. The van der Waals surface area contributed by atoms with Crippen molar-refractivity contribution >= 4 is 35.1 Å². The highest BCUT2D eigenvalue weighted by atomic mass is 35.5. The lowest BCUT2D eigenvalue weighted by Crippen LogP contribution is -2.38. The summed E-state index contributed by atoms with van der Waals surface area (Å²) >= 11 is 7.42. The van der Waals surface area contributed by atoms with Crippen LogP contribution in [0.5, 0.6) is 0 Å². The lowest BCUT2D eigenvalue weighted by atomic mass is 10.1. The second-order valence-corrected chi connectivity index (χ2v) is 7.51. The van der Waals surface area contributed by atoms with Gasteiger partial charge in [-0.05, 0) is 26.0 Å². The molecule has 0 saturated carbocycles. The van der Waals surface area contributed by atoms with Gasteiger partial charge in [0.2, 0.25) is 5.95 Å². The minimum Gasteiger partial charge on any atom is -0.378 e. The average molecular weight is 381 g/mol. The molecule has 25 heavy (non-hydrogen) atoms. The Balaban J connectivity index is 1.75. The van der Waals surface area contributed by atoms with Crippen molar-refractivity contribution < 1.29 is 9.53 Å². The number of aromatic nitrogens is 3. The predicted molar refractivity (Wildman–Crippen MR) is 99.8 cm³/mol. The van der Waals surface area contributed by atoms with Crippen molar-refractivity contribution in [3.63, 3.8) is 0 Å². The average Bonchev–Trinajstić information content (AvgIpc) is 3.04. The molecule has 1 atom stereocenters. The number of nitrogens with zero attached hydrogens (tertiary/aromatic N) is 4. The standard InChI is InChI=1S/C17H21ClN4O2S/c1-3-22-16(21-7-9-24-10-8-21)19-20-17(22)25-12(2)15(23)13-5-4-6-14(18)11-13/h4-6,11-12H,3,7-10H2,1-2H3/t12-/m0/s1. The zero-order chi connectivity index (χ0) is 17.8. The van der Waals surface area contributed by atoms with Gasteiger partial charge in [0.05, 0.1) is 18.5 Å². The SMILES string of the molecule is CCn1c(S[C@@H](C)C(=O)c2cccc(Cl)c2)nnc1N1CCOCC1. The van der Waals surface area contributed by atoms with Crippen LogP contribution < -0.4 is 4.90 Å². The van der Waals surface area contributed by atoms with E-state index in [4.69, 9.17) is 16.3 Å². The summed E-state index contributed by atoms with van der Waals surface area (Å²) in [7, 11) is 0. The van der Waals surface area contributed by atoms with Gasteiger partial charge >= 0.3 is 0 Å². The van der Waals surface area contributed by atoms with Gasteiger partial charge in [0.15, 0.2) is 10.9 Å². The van der Waals surface area contributed by atoms with Crippen molar-refractivity contribution in [2.75, 3.05) is 31.2 Å². The second kappa shape index (κ2) is 8.21. The normalized spacial score (nSPS) is 16.0. The maximum absolute atomic E-state index is 12.6. The number of hydrogen-bond donors (Lipinski definition) is 0. The maximum atomic E-state index is 12.6. The molecule has 6 nitrogen and oxygen atoms in total. The first-order valence-corrected chi connectivity index (χ1v) is 9.58. The van der Waals surface area contributed by atoms with E-state index in [2.05, 4.69) is 26.6 Å². The molecule has 2 heterocycles. The van der Waals surface area contributed by atoms with E-state index >= 15 is 0 Å². The molecule has 134 valence electrons. The zero-order valence-corrected chi connectivity index (χ0v) is 15.9. The summed E-state index contributed by atoms with van der Waals surface area (Å²) in [6.45, 7) is 7.70. The molecule has 1 aromatic carbocycles. The van der Waals surface area contributed by atoms with Crippen LogP contribution in [-0.2, 0) is 11.3 Å². The smallest absolute Gasteiger partial charge is 0.228 e. The third-order valence-electron chi connectivity index (χ3n) is 4.07. The molecule has 0 radical (unpaired) electrons. The summed E-state index contributed by atoms with van der Waals surface area (Å²) in [5.74, 6) is 0.877. The van der Waals surface area contributed by atoms with E-state index in [-0.39, 0.29) is 11.0 Å². The van der Waals surface area contributed by atoms with Crippen LogP contribution in [-0.4, -0.2) is 52.1 Å². The molecule has 1 aliphatic rings. The highest BCUT2D eigenvalue weighted by Crippen LogP contribution is 2.28. The highest BCUT2D eigenvalue weighted by molar-refractivity contribution is 8.00. The van der Waals surface area contributed by atoms with Gasteiger partial charge in [-0.25, -0.2) is 0 Å². The van der Waals surface area contributed by atoms with Crippen LogP contribution in [0.25, 0.3) is 0 Å². The van der Waals surface area contributed by atoms with E-state index < -0.39 is 0 Å². The molecule has 0 spiro atoms. The summed E-state index contributed by atoms with van der Waals surface area (Å²) in [5.41, 5.74) is 0.614. The van der Waals surface area contributed by atoms with Crippen molar-refractivity contribution in [3.8, 4) is 0 Å². The Hall–Kier alpha value is -1.57. The number of halogens is 1. The number of benzene rings is 1. The fourth-order valence-corrected chi connectivity index (χ4v) is 3.91. The van der Waals surface area contributed by atoms with Crippen molar-refractivity contribution in [1.82, 2.24) is 14.8 Å². The molecule has 3 rings (SSSR count). The molecular formula is C17H21ClN4O2S. The van der Waals surface area contributed by atoms with Gasteiger partial charge in [-0.15, -0.1) is 10.2 Å². The Morgan fingerprint density at radius 1 is 1.36 bits per heavy atom. The largest absolute Gasteiger partial charge is 0.378 e. The van der Waals surface area contributed by atoms with Gasteiger partial charge in [0.25, 0.3) is 0 Å². The number of hydrogen-bond acceptors (Lipinski definition) is 6. The third kappa shape index (κ3) is 4.16. The topological polar surface area (TPSA) is 60.2 Å². The van der Waals surface area contributed by atoms with E-state index in [1.807, 2.05) is 6.92 Å². The van der Waals surface area contributed by atoms with Crippen LogP contribution in [0.2, 0.25) is 5.02 Å². The van der Waals surface area contributed by atoms with Gasteiger partial charge in [-0.3, -0.25) is 9.36 Å². The van der Waals surface area contributed by atoms with E-state index in [0.717, 1.165) is 30.7 Å². The molecule has 2 aromatic rings. The van der Waals surface area contributed by atoms with Crippen LogP contribution in [0.15, 0.2) is 29.4 Å². The Morgan fingerprint density at radius 3 is 2.80 bits per heavy atom. The first kappa shape index (κ1) is 18.2. The lowest BCUT2D eigenvalue weighted by molar-refractivity contribution is 0.0994. The Kier molecular flexibility index (Phi) is 5.98. The minimum absolute atomic E-state index is 0.0334. The van der Waals surface area contributed by atoms with Gasteiger partial charge in [0.1, 0.15) is 0 Å². The molecule has 8 heteroatoms. The van der Waals surface area contributed by atoms with E-state index in [0.29, 0.717) is 23.8 Å². The number of carbonyl (C=O) groups excluding carboxylic acids is 1. The number of Topliss-reactive ketones (excluding diaryl/α,β-unsaturated/α-hetero) is 1. The molecule has 1 saturated heterocycles. The van der Waals surface area contributed by atoms with Crippen LogP contribution >= 0.6 is 23.4 Å². The third-order valence-corrected chi connectivity index (χ3v) is 5.38. The number of anilines is 1. The Bertz CT molecular complexity index is 746. The monoisotopic (exact) mass is 380 g/mol. The maximum Gasteiger partial charge on any atom is 0.228 e. The van der Waals surface area contributed by atoms with Crippen LogP contribution in [0.4, 0.5) is 5.95 Å². The molecule has 0 aliphatic carbocycles. The van der Waals surface area contributed by atoms with Gasteiger partial charge in [0, 0.05) is 30.2 Å². The lowest BCUT2D eigenvalue weighted by Gasteiger charge is -2.27. The Labute approximate surface area is 156 Å². The summed E-state index contributed by atoms with van der Waals surface area (Å²) in [5, 5.41) is 9.70. The number of morpholine rings is 1. The fourth-order valence-electron chi connectivity index (χ4n) is 2.73. The van der Waals surface area contributed by atoms with Gasteiger partial charge in [-0.1, -0.05) is 35.5 Å². The molecular weight excluding hydrogens is 360 g/mol. The van der Waals surface area contributed by atoms with Crippen molar-refractivity contribution in [1.29, 1.82) is 0 Å². The summed E-state index contributed by atoms with van der Waals surface area (Å²) < 4.78 is 7.45. The van der Waals surface area contributed by atoms with Crippen LogP contribution in [0.1, 0.15) is 24.2 Å². The molecule has 1 aromatic heterocycles. The van der Waals surface area contributed by atoms with Crippen LogP contribution in [0.3, 0.4) is 0 Å². The predicted octanol–water partition coefficient (Wildman–Crippen LogP) is 3.15. The van der Waals surface area contributed by atoms with Crippen LogP contribution in [0, 0.1) is 0 Å². The van der Waals surface area contributed by atoms with E-state index in [9.17, 15) is 4.79 Å². The molecule has 0 amide bonds. The quantitative estimate of drug-likeness (QED) is 0.566. The van der Waals surface area contributed by atoms with E-state index in [1.54, 1.807) is 24.3 Å². The first-order chi connectivity index (χ1) is 12.1. The fraction of sp³-hybridized carbons (Fsp3) is 0.471. The zero-order valence-electron chi connectivity index (χ0n) is 14.3. The molecule has 0 unspecified atom stereocenters. The number of ketones is 1. The molecule has 0 N–H and O–H groups in total. The number of carbonyl (C=O) groups is 1. The first-order valence-electron chi connectivity index (χ1n) is 8.32. The second-order valence-electron chi connectivity index (χ2n) is 5.76. The number of ether oxygens (including phenoxy) is 1. The van der Waals surface area contributed by atoms with Gasteiger partial charge in [-0.2, -0.15) is 0 Å². The number of rotatable bonds is 6.